The lowest BCUT2D eigenvalue weighted by molar-refractivity contribution is -0.136. The highest BCUT2D eigenvalue weighted by atomic mass is 32.2. The van der Waals surface area contributed by atoms with Crippen LogP contribution in [-0.4, -0.2) is 73.5 Å². The molecule has 28 heavy (non-hydrogen) atoms. The summed E-state index contributed by atoms with van der Waals surface area (Å²) in [4.78, 5) is 21.4. The minimum absolute atomic E-state index is 0.101. The second-order valence-electron chi connectivity index (χ2n) is 7.31. The van der Waals surface area contributed by atoms with Crippen molar-refractivity contribution in [2.75, 3.05) is 43.9 Å². The first kappa shape index (κ1) is 19.5. The molecule has 0 spiro atoms. The van der Waals surface area contributed by atoms with E-state index in [1.165, 1.54) is 34.0 Å². The molecule has 2 aliphatic heterocycles. The molecular weight excluding hydrogens is 403 g/mol. The van der Waals surface area contributed by atoms with Gasteiger partial charge in [0.15, 0.2) is 5.13 Å². The molecule has 0 radical (unpaired) electrons. The van der Waals surface area contributed by atoms with Crippen LogP contribution in [0.4, 0.5) is 9.52 Å². The van der Waals surface area contributed by atoms with Gasteiger partial charge in [-0.1, -0.05) is 17.8 Å². The molecule has 2 saturated heterocycles. The molecule has 0 unspecified atom stereocenters. The maximum atomic E-state index is 13.4. The van der Waals surface area contributed by atoms with E-state index in [-0.39, 0.29) is 11.7 Å². The van der Waals surface area contributed by atoms with Gasteiger partial charge in [-0.25, -0.2) is 17.8 Å². The number of piperazine rings is 1. The van der Waals surface area contributed by atoms with Crippen LogP contribution in [-0.2, 0) is 14.8 Å². The fraction of sp³-hybridized carbons (Fsp3) is 0.556. The number of fused-ring (bicyclic) bond motifs is 1. The first-order chi connectivity index (χ1) is 13.3. The van der Waals surface area contributed by atoms with Crippen LogP contribution < -0.4 is 4.90 Å². The summed E-state index contributed by atoms with van der Waals surface area (Å²) in [6, 6.07) is 3.98. The normalized spacial score (nSPS) is 22.0. The average Bonchev–Trinajstić information content (AvgIpc) is 3.10. The summed E-state index contributed by atoms with van der Waals surface area (Å²) in [5.41, 5.74) is 0.769. The van der Waals surface area contributed by atoms with E-state index in [4.69, 9.17) is 0 Å². The zero-order valence-electron chi connectivity index (χ0n) is 15.7. The topological polar surface area (TPSA) is 73.8 Å². The van der Waals surface area contributed by atoms with Crippen molar-refractivity contribution >= 4 is 42.6 Å². The Hall–Kier alpha value is -1.78. The van der Waals surface area contributed by atoms with Crippen molar-refractivity contribution < 1.29 is 17.6 Å². The summed E-state index contributed by atoms with van der Waals surface area (Å²) in [6.07, 6.45) is 3.41. The number of hydrogen-bond donors (Lipinski definition) is 0. The minimum Gasteiger partial charge on any atom is -0.345 e. The number of thiazole rings is 1. The molecule has 0 aliphatic carbocycles. The molecule has 1 amide bonds. The standard InChI is InChI=1S/C18H23FN4O3S2/c1-28(25,26)23-7-3-2-4-15(23)17(24)21-8-10-22(11-9-21)18-20-14-6-5-13(19)12-16(14)27-18/h5-6,12,15H,2-4,7-11H2,1H3/t15-/m1/s1. The molecule has 1 aromatic heterocycles. The lowest BCUT2D eigenvalue weighted by Crippen LogP contribution is -2.57. The Bertz CT molecular complexity index is 986. The number of carbonyl (C=O) groups excluding carboxylic acids is 1. The van der Waals surface area contributed by atoms with Gasteiger partial charge < -0.3 is 9.80 Å². The second kappa shape index (κ2) is 7.57. The zero-order valence-corrected chi connectivity index (χ0v) is 17.3. The molecule has 1 aromatic carbocycles. The fourth-order valence-electron chi connectivity index (χ4n) is 3.90. The molecule has 0 bridgehead atoms. The van der Waals surface area contributed by atoms with Crippen molar-refractivity contribution in [3.05, 3.63) is 24.0 Å². The number of benzene rings is 1. The van der Waals surface area contributed by atoms with Gasteiger partial charge in [-0.2, -0.15) is 4.31 Å². The van der Waals surface area contributed by atoms with E-state index in [1.54, 1.807) is 11.0 Å². The van der Waals surface area contributed by atoms with E-state index in [9.17, 15) is 17.6 Å². The van der Waals surface area contributed by atoms with Gasteiger partial charge in [0.1, 0.15) is 11.9 Å². The van der Waals surface area contributed by atoms with Gasteiger partial charge in [0.25, 0.3) is 0 Å². The van der Waals surface area contributed by atoms with Gasteiger partial charge in [0, 0.05) is 32.7 Å². The average molecular weight is 427 g/mol. The van der Waals surface area contributed by atoms with Crippen molar-refractivity contribution in [2.24, 2.45) is 0 Å². The number of rotatable bonds is 3. The number of nitrogens with zero attached hydrogens (tertiary/aromatic N) is 4. The highest BCUT2D eigenvalue weighted by molar-refractivity contribution is 7.88. The van der Waals surface area contributed by atoms with E-state index in [1.807, 2.05) is 0 Å². The minimum atomic E-state index is -3.39. The first-order valence-electron chi connectivity index (χ1n) is 9.39. The first-order valence-corrected chi connectivity index (χ1v) is 12.1. The van der Waals surface area contributed by atoms with Crippen LogP contribution in [0.2, 0.25) is 0 Å². The number of anilines is 1. The zero-order chi connectivity index (χ0) is 19.9. The molecule has 2 aromatic rings. The maximum absolute atomic E-state index is 13.4. The van der Waals surface area contributed by atoms with Crippen LogP contribution in [0, 0.1) is 5.82 Å². The van der Waals surface area contributed by atoms with Gasteiger partial charge in [-0.05, 0) is 31.0 Å². The third-order valence-electron chi connectivity index (χ3n) is 5.37. The number of hydrogen-bond acceptors (Lipinski definition) is 6. The molecule has 2 aliphatic rings. The van der Waals surface area contributed by atoms with Gasteiger partial charge >= 0.3 is 0 Å². The Labute approximate surface area is 167 Å². The number of sulfonamides is 1. The number of aromatic nitrogens is 1. The Morgan fingerprint density at radius 1 is 1.18 bits per heavy atom. The Morgan fingerprint density at radius 3 is 2.64 bits per heavy atom. The van der Waals surface area contributed by atoms with Gasteiger partial charge in [-0.15, -0.1) is 0 Å². The van der Waals surface area contributed by atoms with Crippen LogP contribution in [0.3, 0.4) is 0 Å². The number of amides is 1. The molecule has 0 saturated carbocycles. The summed E-state index contributed by atoms with van der Waals surface area (Å²) in [5.74, 6) is -0.378. The van der Waals surface area contributed by atoms with Crippen LogP contribution >= 0.6 is 11.3 Å². The van der Waals surface area contributed by atoms with E-state index in [0.29, 0.717) is 39.1 Å². The molecule has 10 heteroatoms. The lowest BCUT2D eigenvalue weighted by Gasteiger charge is -2.39. The van der Waals surface area contributed by atoms with Crippen molar-refractivity contribution in [2.45, 2.75) is 25.3 Å². The van der Waals surface area contributed by atoms with Crippen LogP contribution in [0.5, 0.6) is 0 Å². The lowest BCUT2D eigenvalue weighted by atomic mass is 10.0. The molecular formula is C18H23FN4O3S2. The fourth-order valence-corrected chi connectivity index (χ4v) is 6.06. The predicted molar refractivity (Wildman–Crippen MR) is 108 cm³/mol. The Balaban J connectivity index is 1.43. The quantitative estimate of drug-likeness (QED) is 0.750. The molecule has 2 fully saturated rings. The SMILES string of the molecule is CS(=O)(=O)N1CCCC[C@@H]1C(=O)N1CCN(c2nc3ccc(F)cc3s2)CC1. The van der Waals surface area contributed by atoms with Gasteiger partial charge in [-0.3, -0.25) is 4.79 Å². The monoisotopic (exact) mass is 426 g/mol. The third kappa shape index (κ3) is 3.85. The summed E-state index contributed by atoms with van der Waals surface area (Å²) in [5, 5.41) is 0.822. The highest BCUT2D eigenvalue weighted by Gasteiger charge is 2.37. The summed E-state index contributed by atoms with van der Waals surface area (Å²) >= 11 is 1.44. The van der Waals surface area contributed by atoms with E-state index in [2.05, 4.69) is 9.88 Å². The number of piperidine rings is 1. The number of halogens is 1. The largest absolute Gasteiger partial charge is 0.345 e. The van der Waals surface area contributed by atoms with Crippen molar-refractivity contribution in [1.82, 2.24) is 14.2 Å². The van der Waals surface area contributed by atoms with Crippen LogP contribution in [0.25, 0.3) is 10.2 Å². The number of carbonyl (C=O) groups is 1. The third-order valence-corrected chi connectivity index (χ3v) is 7.73. The Kier molecular flexibility index (Phi) is 5.28. The summed E-state index contributed by atoms with van der Waals surface area (Å²) in [7, 11) is -3.39. The van der Waals surface area contributed by atoms with E-state index in [0.717, 1.165) is 28.2 Å². The van der Waals surface area contributed by atoms with E-state index < -0.39 is 16.1 Å². The molecule has 4 rings (SSSR count). The molecule has 1 atom stereocenters. The van der Waals surface area contributed by atoms with Crippen LogP contribution in [0.1, 0.15) is 19.3 Å². The van der Waals surface area contributed by atoms with Gasteiger partial charge in [0.05, 0.1) is 16.5 Å². The van der Waals surface area contributed by atoms with Crippen molar-refractivity contribution in [1.29, 1.82) is 0 Å². The van der Waals surface area contributed by atoms with Crippen molar-refractivity contribution in [3.63, 3.8) is 0 Å². The van der Waals surface area contributed by atoms with Crippen molar-refractivity contribution in [3.8, 4) is 0 Å². The molecule has 7 nitrogen and oxygen atoms in total. The summed E-state index contributed by atoms with van der Waals surface area (Å²) < 4.78 is 39.6. The van der Waals surface area contributed by atoms with Gasteiger partial charge in [0.2, 0.25) is 15.9 Å². The van der Waals surface area contributed by atoms with Crippen LogP contribution in [0.15, 0.2) is 18.2 Å². The summed E-state index contributed by atoms with van der Waals surface area (Å²) in [6.45, 7) is 2.71. The maximum Gasteiger partial charge on any atom is 0.241 e. The highest BCUT2D eigenvalue weighted by Crippen LogP contribution is 2.30. The Morgan fingerprint density at radius 2 is 1.93 bits per heavy atom. The predicted octanol–water partition coefficient (Wildman–Crippen LogP) is 1.90. The van der Waals surface area contributed by atoms with E-state index >= 15 is 0 Å². The molecule has 0 N–H and O–H groups in total. The smallest absolute Gasteiger partial charge is 0.241 e. The molecule has 152 valence electrons. The second-order valence-corrected chi connectivity index (χ2v) is 10.3. The molecule has 3 heterocycles.